The Bertz CT molecular complexity index is 1000. The van der Waals surface area contributed by atoms with Gasteiger partial charge in [-0.25, -0.2) is 0 Å². The van der Waals surface area contributed by atoms with Crippen LogP contribution in [-0.4, -0.2) is 61.0 Å². The molecule has 1 saturated heterocycles. The van der Waals surface area contributed by atoms with Gasteiger partial charge in [-0.05, 0) is 43.5 Å². The van der Waals surface area contributed by atoms with E-state index >= 15 is 0 Å². The fraction of sp³-hybridized carbons (Fsp3) is 0.391. The van der Waals surface area contributed by atoms with E-state index in [1.165, 1.54) is 17.0 Å². The van der Waals surface area contributed by atoms with Crippen molar-refractivity contribution in [3.05, 3.63) is 58.6 Å². The molecule has 2 aromatic rings. The SMILES string of the molecule is CN(C(=O)CN1C[C@@H](C(=O)N2CCCCC2)Oc2ccccc21)c1ccc([N+](=O)[O-])cc1. The van der Waals surface area contributed by atoms with E-state index in [0.717, 1.165) is 38.0 Å². The molecule has 2 aliphatic heterocycles. The second-order valence-corrected chi connectivity index (χ2v) is 8.07. The molecule has 2 aliphatic rings. The number of carbonyl (C=O) groups is 2. The van der Waals surface area contributed by atoms with Gasteiger partial charge in [0, 0.05) is 38.0 Å². The molecule has 1 fully saturated rings. The quantitative estimate of drug-likeness (QED) is 0.526. The van der Waals surface area contributed by atoms with E-state index < -0.39 is 11.0 Å². The zero-order valence-corrected chi connectivity index (χ0v) is 18.0. The minimum Gasteiger partial charge on any atom is -0.477 e. The number of likely N-dealkylation sites (N-methyl/N-ethyl adjacent to an activating group) is 1. The van der Waals surface area contributed by atoms with E-state index in [0.29, 0.717) is 11.4 Å². The number of hydrogen-bond donors (Lipinski definition) is 0. The van der Waals surface area contributed by atoms with Crippen LogP contribution < -0.4 is 14.5 Å². The Morgan fingerprint density at radius 2 is 1.78 bits per heavy atom. The monoisotopic (exact) mass is 438 g/mol. The van der Waals surface area contributed by atoms with Crippen molar-refractivity contribution in [2.45, 2.75) is 25.4 Å². The first-order valence-electron chi connectivity index (χ1n) is 10.7. The number of rotatable bonds is 5. The molecule has 168 valence electrons. The van der Waals surface area contributed by atoms with Gasteiger partial charge in [0.1, 0.15) is 5.75 Å². The van der Waals surface area contributed by atoms with E-state index in [2.05, 4.69) is 0 Å². The van der Waals surface area contributed by atoms with Crippen molar-refractivity contribution in [2.24, 2.45) is 0 Å². The number of benzene rings is 2. The van der Waals surface area contributed by atoms with Crippen LogP contribution in [0, 0.1) is 10.1 Å². The third-order valence-corrected chi connectivity index (χ3v) is 5.95. The maximum absolute atomic E-state index is 13.1. The van der Waals surface area contributed by atoms with Crippen LogP contribution in [0.1, 0.15) is 19.3 Å². The molecule has 0 unspecified atom stereocenters. The molecule has 0 radical (unpaired) electrons. The lowest BCUT2D eigenvalue weighted by Gasteiger charge is -2.38. The number of amides is 2. The Hall–Kier alpha value is -3.62. The van der Waals surface area contributed by atoms with E-state index in [-0.39, 0.29) is 30.6 Å². The van der Waals surface area contributed by atoms with E-state index in [1.807, 2.05) is 34.1 Å². The van der Waals surface area contributed by atoms with Crippen molar-refractivity contribution in [2.75, 3.05) is 43.0 Å². The standard InChI is InChI=1S/C23H26N4O5/c1-24(17-9-11-18(12-10-17)27(30)31)22(28)16-26-15-21(23(29)25-13-5-2-6-14-25)32-20-8-4-3-7-19(20)26/h3-4,7-12,21H,2,5-6,13-16H2,1H3/t21-/m0/s1. The van der Waals surface area contributed by atoms with Crippen molar-refractivity contribution in [1.82, 2.24) is 4.90 Å². The molecule has 32 heavy (non-hydrogen) atoms. The molecule has 0 bridgehead atoms. The fourth-order valence-corrected chi connectivity index (χ4v) is 4.11. The predicted octanol–water partition coefficient (Wildman–Crippen LogP) is 2.84. The molecular weight excluding hydrogens is 412 g/mol. The molecule has 2 amide bonds. The normalized spacial score (nSPS) is 17.8. The Morgan fingerprint density at radius 1 is 1.09 bits per heavy atom. The highest BCUT2D eigenvalue weighted by Crippen LogP contribution is 2.34. The summed E-state index contributed by atoms with van der Waals surface area (Å²) in [6.45, 7) is 1.81. The van der Waals surface area contributed by atoms with Gasteiger partial charge in [-0.15, -0.1) is 0 Å². The number of nitrogens with zero attached hydrogens (tertiary/aromatic N) is 4. The average Bonchev–Trinajstić information content (AvgIpc) is 2.83. The number of carbonyl (C=O) groups excluding carboxylic acids is 2. The minimum absolute atomic E-state index is 0.0317. The predicted molar refractivity (Wildman–Crippen MR) is 120 cm³/mol. The molecule has 9 nitrogen and oxygen atoms in total. The lowest BCUT2D eigenvalue weighted by molar-refractivity contribution is -0.384. The maximum Gasteiger partial charge on any atom is 0.269 e. The number of fused-ring (bicyclic) bond motifs is 1. The zero-order chi connectivity index (χ0) is 22.7. The molecule has 2 heterocycles. The summed E-state index contributed by atoms with van der Waals surface area (Å²) in [4.78, 5) is 41.7. The van der Waals surface area contributed by atoms with Crippen LogP contribution in [0.15, 0.2) is 48.5 Å². The molecular formula is C23H26N4O5. The molecule has 0 aromatic heterocycles. The van der Waals surface area contributed by atoms with Crippen LogP contribution in [0.2, 0.25) is 0 Å². The van der Waals surface area contributed by atoms with Crippen LogP contribution in [0.5, 0.6) is 5.75 Å². The molecule has 9 heteroatoms. The van der Waals surface area contributed by atoms with E-state index in [1.54, 1.807) is 19.2 Å². The summed E-state index contributed by atoms with van der Waals surface area (Å²) in [6, 6.07) is 13.2. The topological polar surface area (TPSA) is 96.2 Å². The Kier molecular flexibility index (Phi) is 6.25. The van der Waals surface area contributed by atoms with Crippen molar-refractivity contribution < 1.29 is 19.2 Å². The summed E-state index contributed by atoms with van der Waals surface area (Å²) in [7, 11) is 1.63. The van der Waals surface area contributed by atoms with E-state index in [9.17, 15) is 19.7 Å². The minimum atomic E-state index is -0.666. The lowest BCUT2D eigenvalue weighted by atomic mass is 10.1. The Morgan fingerprint density at radius 3 is 2.47 bits per heavy atom. The molecule has 0 saturated carbocycles. The Balaban J connectivity index is 1.50. The summed E-state index contributed by atoms with van der Waals surface area (Å²) in [5, 5.41) is 10.9. The fourth-order valence-electron chi connectivity index (χ4n) is 4.11. The molecule has 4 rings (SSSR count). The summed E-state index contributed by atoms with van der Waals surface area (Å²) in [5.74, 6) is 0.347. The molecule has 1 atom stereocenters. The van der Waals surface area contributed by atoms with Crippen molar-refractivity contribution in [3.8, 4) is 5.75 Å². The second kappa shape index (κ2) is 9.25. The summed E-state index contributed by atoms with van der Waals surface area (Å²) in [5.41, 5.74) is 1.29. The van der Waals surface area contributed by atoms with Crippen LogP contribution in [0.4, 0.5) is 17.1 Å². The number of non-ortho nitro benzene ring substituents is 1. The number of piperidine rings is 1. The number of ether oxygens (including phenoxy) is 1. The molecule has 2 aromatic carbocycles. The first-order valence-corrected chi connectivity index (χ1v) is 10.7. The van der Waals surface area contributed by atoms with Crippen molar-refractivity contribution in [1.29, 1.82) is 0 Å². The van der Waals surface area contributed by atoms with Crippen LogP contribution in [-0.2, 0) is 9.59 Å². The van der Waals surface area contributed by atoms with Gasteiger partial charge in [0.25, 0.3) is 11.6 Å². The summed E-state index contributed by atoms with van der Waals surface area (Å²) < 4.78 is 6.02. The highest BCUT2D eigenvalue weighted by molar-refractivity contribution is 5.96. The summed E-state index contributed by atoms with van der Waals surface area (Å²) >= 11 is 0. The maximum atomic E-state index is 13.1. The van der Waals surface area contributed by atoms with Crippen molar-refractivity contribution in [3.63, 3.8) is 0 Å². The zero-order valence-electron chi connectivity index (χ0n) is 18.0. The van der Waals surface area contributed by atoms with Gasteiger partial charge >= 0.3 is 0 Å². The third kappa shape index (κ3) is 4.51. The molecule has 0 spiro atoms. The second-order valence-electron chi connectivity index (χ2n) is 8.07. The van der Waals surface area contributed by atoms with Gasteiger partial charge in [-0.1, -0.05) is 12.1 Å². The highest BCUT2D eigenvalue weighted by atomic mass is 16.6. The van der Waals surface area contributed by atoms with Crippen LogP contribution in [0.3, 0.4) is 0 Å². The first-order chi connectivity index (χ1) is 15.4. The number of anilines is 2. The van der Waals surface area contributed by atoms with Gasteiger partial charge in [-0.3, -0.25) is 19.7 Å². The number of likely N-dealkylation sites (tertiary alicyclic amines) is 1. The van der Waals surface area contributed by atoms with Gasteiger partial charge in [-0.2, -0.15) is 0 Å². The van der Waals surface area contributed by atoms with E-state index in [4.69, 9.17) is 4.74 Å². The van der Waals surface area contributed by atoms with Gasteiger partial charge < -0.3 is 19.4 Å². The van der Waals surface area contributed by atoms with Crippen molar-refractivity contribution >= 4 is 28.9 Å². The molecule has 0 N–H and O–H groups in total. The molecule has 0 aliphatic carbocycles. The van der Waals surface area contributed by atoms with Gasteiger partial charge in [0.15, 0.2) is 6.10 Å². The third-order valence-electron chi connectivity index (χ3n) is 5.95. The number of hydrogen-bond acceptors (Lipinski definition) is 6. The number of nitro benzene ring substituents is 1. The summed E-state index contributed by atoms with van der Waals surface area (Å²) in [6.07, 6.45) is 2.46. The largest absolute Gasteiger partial charge is 0.477 e. The lowest BCUT2D eigenvalue weighted by Crippen LogP contribution is -2.53. The van der Waals surface area contributed by atoms with Crippen LogP contribution in [0.25, 0.3) is 0 Å². The van der Waals surface area contributed by atoms with Gasteiger partial charge in [0.2, 0.25) is 5.91 Å². The average molecular weight is 438 g/mol. The highest BCUT2D eigenvalue weighted by Gasteiger charge is 2.35. The smallest absolute Gasteiger partial charge is 0.269 e. The van der Waals surface area contributed by atoms with Crippen LogP contribution >= 0.6 is 0 Å². The number of nitro groups is 1. The number of para-hydroxylation sites is 2. The van der Waals surface area contributed by atoms with Gasteiger partial charge in [0.05, 0.1) is 23.7 Å². The first kappa shape index (κ1) is 21.6. The Labute approximate surface area is 186 Å².